The molecule has 5 nitrogen and oxygen atoms in total. The van der Waals surface area contributed by atoms with Crippen molar-refractivity contribution in [3.05, 3.63) is 51.7 Å². The number of nitrogens with zero attached hydrogens (tertiary/aromatic N) is 2. The zero-order chi connectivity index (χ0) is 18.7. The number of thiophene rings is 1. The van der Waals surface area contributed by atoms with Crippen molar-refractivity contribution in [1.82, 2.24) is 14.5 Å². The fourth-order valence-electron chi connectivity index (χ4n) is 3.42. The van der Waals surface area contributed by atoms with Crippen LogP contribution in [-0.4, -0.2) is 58.0 Å². The first kappa shape index (κ1) is 19.5. The van der Waals surface area contributed by atoms with Gasteiger partial charge in [0, 0.05) is 38.8 Å². The van der Waals surface area contributed by atoms with Gasteiger partial charge in [0.15, 0.2) is 0 Å². The van der Waals surface area contributed by atoms with Gasteiger partial charge in [-0.05, 0) is 54.9 Å². The Bertz CT molecular complexity index is 826. The van der Waals surface area contributed by atoms with E-state index < -0.39 is 10.0 Å². The molecule has 0 saturated carbocycles. The van der Waals surface area contributed by atoms with Crippen LogP contribution in [0.3, 0.4) is 0 Å². The SMILES string of the molecule is Cc1ccc(S(=O)(=O)NCC(c2ccsc2)N2CCN(C)CC2)c(C)c1. The Morgan fingerprint density at radius 2 is 1.88 bits per heavy atom. The molecule has 142 valence electrons. The Hall–Kier alpha value is -1.25. The standard InChI is InChI=1S/C19H27N3O2S2/c1-15-4-5-19(16(2)12-15)26(23,24)20-13-18(17-6-11-25-14-17)22-9-7-21(3)8-10-22/h4-6,11-12,14,18,20H,7-10,13H2,1-3H3. The number of piperazine rings is 1. The molecule has 0 amide bonds. The fourth-order valence-corrected chi connectivity index (χ4v) is 5.39. The van der Waals surface area contributed by atoms with Gasteiger partial charge in [-0.15, -0.1) is 0 Å². The first-order chi connectivity index (χ1) is 12.4. The van der Waals surface area contributed by atoms with Gasteiger partial charge < -0.3 is 4.90 Å². The maximum atomic E-state index is 12.8. The number of hydrogen-bond donors (Lipinski definition) is 1. The molecule has 2 heterocycles. The van der Waals surface area contributed by atoms with Gasteiger partial charge in [0.1, 0.15) is 0 Å². The minimum atomic E-state index is -3.53. The Labute approximate surface area is 160 Å². The van der Waals surface area contributed by atoms with E-state index in [0.29, 0.717) is 11.4 Å². The molecule has 0 radical (unpaired) electrons. The van der Waals surface area contributed by atoms with E-state index in [1.165, 1.54) is 5.56 Å². The second-order valence-corrected chi connectivity index (χ2v) is 9.55. The molecule has 1 N–H and O–H groups in total. The maximum absolute atomic E-state index is 12.8. The van der Waals surface area contributed by atoms with E-state index in [2.05, 4.69) is 38.4 Å². The topological polar surface area (TPSA) is 52.7 Å². The summed E-state index contributed by atoms with van der Waals surface area (Å²) in [7, 11) is -1.40. The molecule has 2 aromatic rings. The summed E-state index contributed by atoms with van der Waals surface area (Å²) < 4.78 is 28.5. The summed E-state index contributed by atoms with van der Waals surface area (Å²) >= 11 is 1.65. The number of rotatable bonds is 6. The van der Waals surface area contributed by atoms with Crippen molar-refractivity contribution in [1.29, 1.82) is 0 Å². The Balaban J connectivity index is 1.77. The van der Waals surface area contributed by atoms with Gasteiger partial charge in [0.2, 0.25) is 10.0 Å². The van der Waals surface area contributed by atoms with Crippen molar-refractivity contribution >= 4 is 21.4 Å². The van der Waals surface area contributed by atoms with E-state index in [4.69, 9.17) is 0 Å². The van der Waals surface area contributed by atoms with Crippen LogP contribution in [0.5, 0.6) is 0 Å². The molecule has 7 heteroatoms. The Morgan fingerprint density at radius 3 is 2.50 bits per heavy atom. The highest BCUT2D eigenvalue weighted by Gasteiger charge is 2.26. The average molecular weight is 394 g/mol. The lowest BCUT2D eigenvalue weighted by molar-refractivity contribution is 0.113. The summed E-state index contributed by atoms with van der Waals surface area (Å²) in [5.74, 6) is 0. The van der Waals surface area contributed by atoms with Gasteiger partial charge in [0.05, 0.1) is 4.90 Å². The van der Waals surface area contributed by atoms with E-state index in [-0.39, 0.29) is 6.04 Å². The Morgan fingerprint density at radius 1 is 1.15 bits per heavy atom. The van der Waals surface area contributed by atoms with Gasteiger partial charge in [-0.2, -0.15) is 11.3 Å². The quantitative estimate of drug-likeness (QED) is 0.820. The molecular formula is C19H27N3O2S2. The highest BCUT2D eigenvalue weighted by molar-refractivity contribution is 7.89. The van der Waals surface area contributed by atoms with E-state index >= 15 is 0 Å². The molecule has 1 aliphatic heterocycles. The van der Waals surface area contributed by atoms with E-state index in [1.807, 2.05) is 26.0 Å². The van der Waals surface area contributed by atoms with Crippen molar-refractivity contribution in [3.63, 3.8) is 0 Å². The molecule has 1 saturated heterocycles. The summed E-state index contributed by atoms with van der Waals surface area (Å²) in [6.07, 6.45) is 0. The zero-order valence-electron chi connectivity index (χ0n) is 15.6. The third kappa shape index (κ3) is 4.53. The average Bonchev–Trinajstić information content (AvgIpc) is 3.10. The van der Waals surface area contributed by atoms with Crippen LogP contribution >= 0.6 is 11.3 Å². The molecule has 1 aromatic heterocycles. The van der Waals surface area contributed by atoms with Gasteiger partial charge >= 0.3 is 0 Å². The van der Waals surface area contributed by atoms with Crippen molar-refractivity contribution in [2.24, 2.45) is 0 Å². The number of nitrogens with one attached hydrogen (secondary N) is 1. The van der Waals surface area contributed by atoms with E-state index in [0.717, 1.165) is 37.3 Å². The first-order valence-electron chi connectivity index (χ1n) is 8.88. The molecule has 3 rings (SSSR count). The minimum absolute atomic E-state index is 0.0653. The molecule has 26 heavy (non-hydrogen) atoms. The molecule has 1 fully saturated rings. The van der Waals surface area contributed by atoms with Crippen molar-refractivity contribution in [3.8, 4) is 0 Å². The largest absolute Gasteiger partial charge is 0.304 e. The molecule has 1 atom stereocenters. The third-order valence-electron chi connectivity index (χ3n) is 4.99. The molecule has 1 aliphatic rings. The van der Waals surface area contributed by atoms with Crippen LogP contribution in [0.4, 0.5) is 0 Å². The van der Waals surface area contributed by atoms with E-state index in [1.54, 1.807) is 17.4 Å². The second-order valence-electron chi connectivity index (χ2n) is 7.03. The second kappa shape index (κ2) is 8.19. The number of benzene rings is 1. The highest BCUT2D eigenvalue weighted by atomic mass is 32.2. The molecule has 1 aromatic carbocycles. The first-order valence-corrected chi connectivity index (χ1v) is 11.3. The number of hydrogen-bond acceptors (Lipinski definition) is 5. The van der Waals surface area contributed by atoms with Gasteiger partial charge in [-0.25, -0.2) is 13.1 Å². The van der Waals surface area contributed by atoms with E-state index in [9.17, 15) is 8.42 Å². The van der Waals surface area contributed by atoms with Crippen LogP contribution in [0.2, 0.25) is 0 Å². The minimum Gasteiger partial charge on any atom is -0.304 e. The molecule has 0 aliphatic carbocycles. The van der Waals surface area contributed by atoms with Crippen molar-refractivity contribution in [2.75, 3.05) is 39.8 Å². The van der Waals surface area contributed by atoms with Crippen LogP contribution in [-0.2, 0) is 10.0 Å². The normalized spacial score (nSPS) is 18.1. The monoisotopic (exact) mass is 393 g/mol. The van der Waals surface area contributed by atoms with Crippen LogP contribution in [0, 0.1) is 13.8 Å². The zero-order valence-corrected chi connectivity index (χ0v) is 17.2. The lowest BCUT2D eigenvalue weighted by Crippen LogP contribution is -2.48. The van der Waals surface area contributed by atoms with Gasteiger partial charge in [-0.3, -0.25) is 4.90 Å². The Kier molecular flexibility index (Phi) is 6.14. The lowest BCUT2D eigenvalue weighted by Gasteiger charge is -2.38. The van der Waals surface area contributed by atoms with Crippen LogP contribution < -0.4 is 4.72 Å². The van der Waals surface area contributed by atoms with Crippen LogP contribution in [0.1, 0.15) is 22.7 Å². The highest BCUT2D eigenvalue weighted by Crippen LogP contribution is 2.25. The summed E-state index contributed by atoms with van der Waals surface area (Å²) in [6, 6.07) is 7.61. The summed E-state index contributed by atoms with van der Waals surface area (Å²) in [5, 5.41) is 4.17. The molecule has 1 unspecified atom stereocenters. The summed E-state index contributed by atoms with van der Waals surface area (Å²) in [4.78, 5) is 5.05. The van der Waals surface area contributed by atoms with Gasteiger partial charge in [0.25, 0.3) is 0 Å². The van der Waals surface area contributed by atoms with Crippen molar-refractivity contribution in [2.45, 2.75) is 24.8 Å². The maximum Gasteiger partial charge on any atom is 0.240 e. The summed E-state index contributed by atoms with van der Waals surface area (Å²) in [5.41, 5.74) is 3.03. The molecular weight excluding hydrogens is 366 g/mol. The number of aryl methyl sites for hydroxylation is 2. The van der Waals surface area contributed by atoms with Crippen LogP contribution in [0.25, 0.3) is 0 Å². The third-order valence-corrected chi connectivity index (χ3v) is 7.28. The number of likely N-dealkylation sites (N-methyl/N-ethyl adjacent to an activating group) is 1. The molecule has 0 bridgehead atoms. The number of sulfonamides is 1. The predicted octanol–water partition coefficient (Wildman–Crippen LogP) is 2.63. The smallest absolute Gasteiger partial charge is 0.240 e. The fraction of sp³-hybridized carbons (Fsp3) is 0.474. The van der Waals surface area contributed by atoms with Crippen LogP contribution in [0.15, 0.2) is 39.9 Å². The molecule has 0 spiro atoms. The van der Waals surface area contributed by atoms with Gasteiger partial charge in [-0.1, -0.05) is 17.7 Å². The van der Waals surface area contributed by atoms with Crippen molar-refractivity contribution < 1.29 is 8.42 Å². The summed E-state index contributed by atoms with van der Waals surface area (Å²) in [6.45, 7) is 8.10. The predicted molar refractivity (Wildman–Crippen MR) is 107 cm³/mol. The lowest BCUT2D eigenvalue weighted by atomic mass is 10.1.